The van der Waals surface area contributed by atoms with E-state index >= 15 is 0 Å². The molecule has 1 amide bonds. The molecule has 0 spiro atoms. The van der Waals surface area contributed by atoms with Gasteiger partial charge in [-0.25, -0.2) is 0 Å². The van der Waals surface area contributed by atoms with E-state index in [0.717, 1.165) is 5.56 Å². The third-order valence-corrected chi connectivity index (χ3v) is 3.59. The Labute approximate surface area is 144 Å². The predicted octanol–water partition coefficient (Wildman–Crippen LogP) is 2.99. The first-order valence-electron chi connectivity index (χ1n) is 7.18. The Morgan fingerprint density at radius 2 is 1.96 bits per heavy atom. The number of benzene rings is 2. The Kier molecular flexibility index (Phi) is 5.94. The second-order valence-electron chi connectivity index (χ2n) is 4.98. The van der Waals surface area contributed by atoms with Crippen LogP contribution in [0.3, 0.4) is 0 Å². The lowest BCUT2D eigenvalue weighted by molar-refractivity contribution is -0.121. The second kappa shape index (κ2) is 8.14. The van der Waals surface area contributed by atoms with Crippen LogP contribution in [0, 0.1) is 17.2 Å². The van der Waals surface area contributed by atoms with Crippen molar-refractivity contribution >= 4 is 23.3 Å². The van der Waals surface area contributed by atoms with Crippen LogP contribution in [0.25, 0.3) is 0 Å². The number of halogens is 1. The highest BCUT2D eigenvalue weighted by Gasteiger charge is 2.26. The lowest BCUT2D eigenvalue weighted by Gasteiger charge is -2.10. The molecule has 2 aromatic rings. The molecule has 0 bridgehead atoms. The minimum atomic E-state index is -1.37. The van der Waals surface area contributed by atoms with Crippen molar-refractivity contribution in [2.75, 3.05) is 7.05 Å². The van der Waals surface area contributed by atoms with Gasteiger partial charge in [-0.2, -0.15) is 5.26 Å². The summed E-state index contributed by atoms with van der Waals surface area (Å²) in [6.07, 6.45) is 0. The number of ether oxygens (including phenoxy) is 1. The number of hydrogen-bond acceptors (Lipinski definition) is 4. The smallest absolute Gasteiger partial charge is 0.245 e. The van der Waals surface area contributed by atoms with Crippen molar-refractivity contribution in [2.45, 2.75) is 6.61 Å². The maximum atomic E-state index is 12.3. The molecular formula is C18H15ClN2O3. The number of Topliss-reactive ketones (excluding diaryl/α,β-unsaturated/α-hetero) is 1. The molecule has 0 saturated heterocycles. The molecule has 0 fully saturated rings. The highest BCUT2D eigenvalue weighted by Crippen LogP contribution is 2.18. The Morgan fingerprint density at radius 1 is 1.25 bits per heavy atom. The monoisotopic (exact) mass is 342 g/mol. The molecule has 6 heteroatoms. The summed E-state index contributed by atoms with van der Waals surface area (Å²) >= 11 is 5.83. The first-order chi connectivity index (χ1) is 11.5. The molecule has 0 unspecified atom stereocenters. The van der Waals surface area contributed by atoms with Gasteiger partial charge in [-0.15, -0.1) is 0 Å². The number of ketones is 1. The van der Waals surface area contributed by atoms with Crippen LogP contribution < -0.4 is 10.1 Å². The lowest BCUT2D eigenvalue weighted by Crippen LogP contribution is -2.32. The number of amides is 1. The van der Waals surface area contributed by atoms with Gasteiger partial charge in [0, 0.05) is 17.6 Å². The van der Waals surface area contributed by atoms with Crippen molar-refractivity contribution in [1.29, 1.82) is 5.26 Å². The van der Waals surface area contributed by atoms with Crippen LogP contribution in [0.5, 0.6) is 5.75 Å². The zero-order valence-corrected chi connectivity index (χ0v) is 13.7. The maximum Gasteiger partial charge on any atom is 0.245 e. The van der Waals surface area contributed by atoms with Gasteiger partial charge in [0.15, 0.2) is 11.7 Å². The molecule has 0 heterocycles. The number of nitriles is 1. The number of nitrogens with one attached hydrogen (secondary N) is 1. The summed E-state index contributed by atoms with van der Waals surface area (Å²) in [6.45, 7) is 0.311. The fraction of sp³-hybridized carbons (Fsp3) is 0.167. The first kappa shape index (κ1) is 17.5. The summed E-state index contributed by atoms with van der Waals surface area (Å²) in [5.41, 5.74) is 1.18. The Morgan fingerprint density at radius 3 is 2.58 bits per heavy atom. The van der Waals surface area contributed by atoms with Crippen LogP contribution in [-0.4, -0.2) is 18.7 Å². The summed E-state index contributed by atoms with van der Waals surface area (Å²) in [4.78, 5) is 23.9. The van der Waals surface area contributed by atoms with Gasteiger partial charge in [0.25, 0.3) is 0 Å². The van der Waals surface area contributed by atoms with Gasteiger partial charge in [0.1, 0.15) is 12.4 Å². The molecule has 122 valence electrons. The number of carbonyl (C=O) groups excluding carboxylic acids is 2. The first-order valence-corrected chi connectivity index (χ1v) is 7.55. The highest BCUT2D eigenvalue weighted by molar-refractivity contribution is 6.30. The number of hydrogen-bond donors (Lipinski definition) is 1. The zero-order chi connectivity index (χ0) is 17.5. The second-order valence-corrected chi connectivity index (χ2v) is 5.42. The van der Waals surface area contributed by atoms with Crippen LogP contribution >= 0.6 is 11.6 Å². The quantitative estimate of drug-likeness (QED) is 0.646. The van der Waals surface area contributed by atoms with E-state index in [1.54, 1.807) is 36.4 Å². The average molecular weight is 343 g/mol. The summed E-state index contributed by atoms with van der Waals surface area (Å²) in [6, 6.07) is 15.3. The highest BCUT2D eigenvalue weighted by atomic mass is 35.5. The van der Waals surface area contributed by atoms with Gasteiger partial charge in [0.2, 0.25) is 5.91 Å². The van der Waals surface area contributed by atoms with E-state index in [2.05, 4.69) is 5.32 Å². The Balaban J connectivity index is 2.10. The number of carbonyl (C=O) groups is 2. The fourth-order valence-electron chi connectivity index (χ4n) is 2.03. The van der Waals surface area contributed by atoms with E-state index in [1.165, 1.54) is 13.1 Å². The molecule has 0 radical (unpaired) electrons. The van der Waals surface area contributed by atoms with Gasteiger partial charge < -0.3 is 10.1 Å². The van der Waals surface area contributed by atoms with Crippen molar-refractivity contribution in [3.05, 3.63) is 64.7 Å². The minimum Gasteiger partial charge on any atom is -0.489 e. The summed E-state index contributed by atoms with van der Waals surface area (Å²) in [7, 11) is 1.38. The predicted molar refractivity (Wildman–Crippen MR) is 89.7 cm³/mol. The molecule has 1 N–H and O–H groups in total. The largest absolute Gasteiger partial charge is 0.489 e. The van der Waals surface area contributed by atoms with Gasteiger partial charge >= 0.3 is 0 Å². The number of rotatable bonds is 6. The van der Waals surface area contributed by atoms with E-state index in [9.17, 15) is 9.59 Å². The molecule has 24 heavy (non-hydrogen) atoms. The van der Waals surface area contributed by atoms with Crippen molar-refractivity contribution in [2.24, 2.45) is 5.92 Å². The summed E-state index contributed by atoms with van der Waals surface area (Å²) in [5, 5.41) is 12.0. The average Bonchev–Trinajstić information content (AvgIpc) is 2.61. The fourth-order valence-corrected chi connectivity index (χ4v) is 2.16. The number of nitrogens with zero attached hydrogens (tertiary/aromatic N) is 1. The SMILES string of the molecule is CNC(=O)[C@H](C#N)C(=O)c1cccc(OCc2ccc(Cl)cc2)c1. The van der Waals surface area contributed by atoms with Crippen LogP contribution in [0.1, 0.15) is 15.9 Å². The minimum absolute atomic E-state index is 0.249. The van der Waals surface area contributed by atoms with Crippen LogP contribution in [0.15, 0.2) is 48.5 Å². The van der Waals surface area contributed by atoms with E-state index in [4.69, 9.17) is 21.6 Å². The van der Waals surface area contributed by atoms with E-state index in [1.807, 2.05) is 12.1 Å². The lowest BCUT2D eigenvalue weighted by atomic mass is 9.98. The molecular weight excluding hydrogens is 328 g/mol. The third-order valence-electron chi connectivity index (χ3n) is 3.34. The van der Waals surface area contributed by atoms with E-state index in [0.29, 0.717) is 17.4 Å². The Hall–Kier alpha value is -2.84. The summed E-state index contributed by atoms with van der Waals surface area (Å²) < 4.78 is 5.64. The van der Waals surface area contributed by atoms with Crippen molar-refractivity contribution < 1.29 is 14.3 Å². The normalized spacial score (nSPS) is 11.2. The van der Waals surface area contributed by atoms with Crippen molar-refractivity contribution in [3.8, 4) is 11.8 Å². The van der Waals surface area contributed by atoms with Gasteiger partial charge in [-0.3, -0.25) is 9.59 Å². The van der Waals surface area contributed by atoms with Gasteiger partial charge in [-0.05, 0) is 29.8 Å². The van der Waals surface area contributed by atoms with Gasteiger partial charge in [-0.1, -0.05) is 35.9 Å². The molecule has 0 aliphatic carbocycles. The van der Waals surface area contributed by atoms with Crippen LogP contribution in [0.2, 0.25) is 5.02 Å². The van der Waals surface area contributed by atoms with Crippen LogP contribution in [-0.2, 0) is 11.4 Å². The zero-order valence-electron chi connectivity index (χ0n) is 13.0. The molecule has 2 aromatic carbocycles. The molecule has 2 rings (SSSR count). The Bertz CT molecular complexity index is 782. The molecule has 5 nitrogen and oxygen atoms in total. The summed E-state index contributed by atoms with van der Waals surface area (Å²) in [5.74, 6) is -2.09. The molecule has 1 atom stereocenters. The van der Waals surface area contributed by atoms with Crippen molar-refractivity contribution in [1.82, 2.24) is 5.32 Å². The molecule has 0 aliphatic heterocycles. The van der Waals surface area contributed by atoms with Gasteiger partial charge in [0.05, 0.1) is 6.07 Å². The molecule has 0 aromatic heterocycles. The van der Waals surface area contributed by atoms with Crippen molar-refractivity contribution in [3.63, 3.8) is 0 Å². The van der Waals surface area contributed by atoms with E-state index in [-0.39, 0.29) is 5.56 Å². The van der Waals surface area contributed by atoms with Crippen LogP contribution in [0.4, 0.5) is 0 Å². The topological polar surface area (TPSA) is 79.2 Å². The third kappa shape index (κ3) is 4.34. The standard InChI is InChI=1S/C18H15ClN2O3/c1-21-18(23)16(10-20)17(22)13-3-2-4-15(9-13)24-11-12-5-7-14(19)8-6-12/h2-9,16H,11H2,1H3,(H,21,23)/t16-/m1/s1. The molecule has 0 aliphatic rings. The van der Waals surface area contributed by atoms with E-state index < -0.39 is 17.6 Å². The molecule has 0 saturated carbocycles. The maximum absolute atomic E-state index is 12.3.